The lowest BCUT2D eigenvalue weighted by Gasteiger charge is -2.37. The second kappa shape index (κ2) is 8.62. The third-order valence-electron chi connectivity index (χ3n) is 6.97. The fourth-order valence-electron chi connectivity index (χ4n) is 4.93. The molecule has 11 heteroatoms. The highest BCUT2D eigenvalue weighted by atomic mass is 16.2. The SMILES string of the molecule is CC(CCN1CCN(c2ncccn2)CC1)N1CCCn2c1nc1c2c(=O)n(C)c(=O)n1C. The number of anilines is 2. The van der Waals surface area contributed by atoms with Gasteiger partial charge in [0.05, 0.1) is 0 Å². The van der Waals surface area contributed by atoms with Gasteiger partial charge in [0.25, 0.3) is 5.56 Å². The van der Waals surface area contributed by atoms with Gasteiger partial charge in [0.2, 0.25) is 11.9 Å². The molecule has 0 aromatic carbocycles. The standard InChI is InChI=1S/C22H31N9O2/c1-16(6-11-28-12-14-29(15-13-28)20-23-7-4-8-24-20)30-9-5-10-31-17-18(25-21(30)31)26(2)22(33)27(3)19(17)32/h4,7-8,16H,5-6,9-15H2,1-3H3. The van der Waals surface area contributed by atoms with Crippen LogP contribution in [0.5, 0.6) is 0 Å². The van der Waals surface area contributed by atoms with Gasteiger partial charge < -0.3 is 14.4 Å². The van der Waals surface area contributed by atoms with Crippen molar-refractivity contribution < 1.29 is 0 Å². The Hall–Kier alpha value is -3.21. The van der Waals surface area contributed by atoms with Crippen molar-refractivity contribution in [3.8, 4) is 0 Å². The normalized spacial score (nSPS) is 18.0. The highest BCUT2D eigenvalue weighted by molar-refractivity contribution is 5.75. The average Bonchev–Trinajstić information content (AvgIpc) is 3.25. The summed E-state index contributed by atoms with van der Waals surface area (Å²) in [5.41, 5.74) is 0.367. The van der Waals surface area contributed by atoms with E-state index in [0.717, 1.165) is 70.6 Å². The molecule has 0 amide bonds. The zero-order valence-electron chi connectivity index (χ0n) is 19.5. The minimum atomic E-state index is -0.345. The zero-order valence-corrected chi connectivity index (χ0v) is 19.5. The first-order valence-electron chi connectivity index (χ1n) is 11.6. The van der Waals surface area contributed by atoms with Crippen LogP contribution in [0.1, 0.15) is 19.8 Å². The zero-order chi connectivity index (χ0) is 23.1. The van der Waals surface area contributed by atoms with Gasteiger partial charge >= 0.3 is 5.69 Å². The number of hydrogen-bond donors (Lipinski definition) is 0. The molecule has 3 aromatic rings. The summed E-state index contributed by atoms with van der Waals surface area (Å²) in [7, 11) is 3.20. The number of fused-ring (bicyclic) bond motifs is 3. The van der Waals surface area contributed by atoms with E-state index in [0.29, 0.717) is 11.2 Å². The van der Waals surface area contributed by atoms with Gasteiger partial charge in [-0.2, -0.15) is 4.98 Å². The van der Waals surface area contributed by atoms with E-state index >= 15 is 0 Å². The predicted molar refractivity (Wildman–Crippen MR) is 127 cm³/mol. The Morgan fingerprint density at radius 1 is 0.970 bits per heavy atom. The molecule has 1 saturated heterocycles. The second-order valence-corrected chi connectivity index (χ2v) is 9.00. The van der Waals surface area contributed by atoms with E-state index in [2.05, 4.69) is 31.6 Å². The van der Waals surface area contributed by atoms with Gasteiger partial charge in [0, 0.05) is 78.3 Å². The van der Waals surface area contributed by atoms with Crippen LogP contribution in [0.4, 0.5) is 11.9 Å². The van der Waals surface area contributed by atoms with Crippen LogP contribution in [0.25, 0.3) is 11.2 Å². The molecule has 11 nitrogen and oxygen atoms in total. The van der Waals surface area contributed by atoms with Crippen molar-refractivity contribution in [2.75, 3.05) is 49.1 Å². The van der Waals surface area contributed by atoms with Crippen LogP contribution in [0.15, 0.2) is 28.0 Å². The summed E-state index contributed by atoms with van der Waals surface area (Å²) < 4.78 is 4.64. The number of piperazine rings is 1. The summed E-state index contributed by atoms with van der Waals surface area (Å²) in [5.74, 6) is 1.60. The van der Waals surface area contributed by atoms with Gasteiger partial charge in [0.1, 0.15) is 0 Å². The molecule has 2 aliphatic rings. The summed E-state index contributed by atoms with van der Waals surface area (Å²) >= 11 is 0. The minimum Gasteiger partial charge on any atom is -0.339 e. The maximum atomic E-state index is 12.8. The summed E-state index contributed by atoms with van der Waals surface area (Å²) in [6.07, 6.45) is 5.53. The molecule has 3 aromatic heterocycles. The fraction of sp³-hybridized carbons (Fsp3) is 0.591. The van der Waals surface area contributed by atoms with Gasteiger partial charge in [-0.3, -0.25) is 18.8 Å². The molecule has 0 aliphatic carbocycles. The van der Waals surface area contributed by atoms with E-state index in [1.54, 1.807) is 19.4 Å². The van der Waals surface area contributed by atoms with Crippen LogP contribution in [0, 0.1) is 0 Å². The smallest absolute Gasteiger partial charge is 0.332 e. The van der Waals surface area contributed by atoms with E-state index < -0.39 is 0 Å². The molecule has 33 heavy (non-hydrogen) atoms. The Morgan fingerprint density at radius 3 is 2.42 bits per heavy atom. The van der Waals surface area contributed by atoms with Crippen LogP contribution in [-0.2, 0) is 20.6 Å². The monoisotopic (exact) mass is 453 g/mol. The van der Waals surface area contributed by atoms with Crippen molar-refractivity contribution in [3.63, 3.8) is 0 Å². The molecule has 0 N–H and O–H groups in total. The Labute approximate surface area is 191 Å². The Kier molecular flexibility index (Phi) is 5.65. The number of imidazole rings is 1. The lowest BCUT2D eigenvalue weighted by Crippen LogP contribution is -2.48. The van der Waals surface area contributed by atoms with Crippen LogP contribution >= 0.6 is 0 Å². The molecule has 0 bridgehead atoms. The number of nitrogens with zero attached hydrogens (tertiary/aromatic N) is 9. The third-order valence-corrected chi connectivity index (χ3v) is 6.97. The first-order chi connectivity index (χ1) is 16.0. The lowest BCUT2D eigenvalue weighted by atomic mass is 10.1. The van der Waals surface area contributed by atoms with Gasteiger partial charge in [-0.25, -0.2) is 14.8 Å². The average molecular weight is 454 g/mol. The number of hydrogen-bond acceptors (Lipinski definition) is 8. The van der Waals surface area contributed by atoms with E-state index in [9.17, 15) is 9.59 Å². The molecule has 5 rings (SSSR count). The molecule has 176 valence electrons. The van der Waals surface area contributed by atoms with Crippen molar-refractivity contribution in [2.24, 2.45) is 14.1 Å². The van der Waals surface area contributed by atoms with E-state index in [-0.39, 0.29) is 17.3 Å². The Bertz CT molecular complexity index is 1250. The minimum absolute atomic E-state index is 0.275. The summed E-state index contributed by atoms with van der Waals surface area (Å²) in [5, 5.41) is 0. The van der Waals surface area contributed by atoms with Crippen molar-refractivity contribution in [1.29, 1.82) is 0 Å². The second-order valence-electron chi connectivity index (χ2n) is 9.00. The highest BCUT2D eigenvalue weighted by Gasteiger charge is 2.28. The van der Waals surface area contributed by atoms with Crippen LogP contribution < -0.4 is 21.0 Å². The van der Waals surface area contributed by atoms with E-state index in [1.807, 2.05) is 10.6 Å². The van der Waals surface area contributed by atoms with Crippen LogP contribution in [0.3, 0.4) is 0 Å². The number of aryl methyl sites for hydroxylation is 2. The molecular formula is C22H31N9O2. The fourth-order valence-corrected chi connectivity index (χ4v) is 4.93. The first-order valence-corrected chi connectivity index (χ1v) is 11.6. The first kappa shape index (κ1) is 21.6. The lowest BCUT2D eigenvalue weighted by molar-refractivity contribution is 0.246. The van der Waals surface area contributed by atoms with Crippen LogP contribution in [-0.4, -0.2) is 78.9 Å². The van der Waals surface area contributed by atoms with Crippen molar-refractivity contribution in [1.82, 2.24) is 33.6 Å². The maximum Gasteiger partial charge on any atom is 0.332 e. The topological polar surface area (TPSA) is 97.3 Å². The van der Waals surface area contributed by atoms with E-state index in [4.69, 9.17) is 4.98 Å². The van der Waals surface area contributed by atoms with Crippen LogP contribution in [0.2, 0.25) is 0 Å². The van der Waals surface area contributed by atoms with Crippen molar-refractivity contribution in [2.45, 2.75) is 32.4 Å². The molecule has 5 heterocycles. The van der Waals surface area contributed by atoms with Gasteiger partial charge in [-0.1, -0.05) is 0 Å². The Balaban J connectivity index is 1.28. The summed E-state index contributed by atoms with van der Waals surface area (Å²) in [6, 6.07) is 2.12. The maximum absolute atomic E-state index is 12.8. The summed E-state index contributed by atoms with van der Waals surface area (Å²) in [6.45, 7) is 8.69. The molecule has 1 unspecified atom stereocenters. The predicted octanol–water partition coefficient (Wildman–Crippen LogP) is 0.0346. The largest absolute Gasteiger partial charge is 0.339 e. The van der Waals surface area contributed by atoms with Crippen molar-refractivity contribution >= 4 is 23.1 Å². The highest BCUT2D eigenvalue weighted by Crippen LogP contribution is 2.27. The third kappa shape index (κ3) is 3.79. The molecule has 1 atom stereocenters. The Morgan fingerprint density at radius 2 is 1.70 bits per heavy atom. The summed E-state index contributed by atoms with van der Waals surface area (Å²) in [4.78, 5) is 45.7. The molecule has 0 saturated carbocycles. The molecule has 0 radical (unpaired) electrons. The van der Waals surface area contributed by atoms with Gasteiger partial charge in [-0.15, -0.1) is 0 Å². The van der Waals surface area contributed by atoms with Gasteiger partial charge in [0.15, 0.2) is 11.2 Å². The molecule has 1 fully saturated rings. The van der Waals surface area contributed by atoms with Gasteiger partial charge in [-0.05, 0) is 25.8 Å². The van der Waals surface area contributed by atoms with E-state index in [1.165, 1.54) is 16.2 Å². The molecular weight excluding hydrogens is 422 g/mol. The quantitative estimate of drug-likeness (QED) is 0.534. The van der Waals surface area contributed by atoms with Crippen molar-refractivity contribution in [3.05, 3.63) is 39.3 Å². The number of rotatable bonds is 5. The molecule has 0 spiro atoms. The number of aromatic nitrogens is 6. The molecule has 2 aliphatic heterocycles.